The average molecular weight is 287 g/mol. The summed E-state index contributed by atoms with van der Waals surface area (Å²) in [6.45, 7) is 3.80. The molecule has 2 heterocycles. The molecule has 0 radical (unpaired) electrons. The summed E-state index contributed by atoms with van der Waals surface area (Å²) in [4.78, 5) is 14.4. The number of nitrogens with one attached hydrogen (secondary N) is 1. The highest BCUT2D eigenvalue weighted by atomic mass is 16.5. The summed E-state index contributed by atoms with van der Waals surface area (Å²) in [7, 11) is 1.99. The molecule has 5 nitrogen and oxygen atoms in total. The molecule has 1 N–H and O–H groups in total. The molecule has 0 spiro atoms. The first-order valence-electron chi connectivity index (χ1n) is 7.41. The Labute approximate surface area is 124 Å². The number of hydrogen-bond acceptors (Lipinski definition) is 4. The fourth-order valence-corrected chi connectivity index (χ4v) is 2.82. The van der Waals surface area contributed by atoms with Crippen molar-refractivity contribution in [2.45, 2.75) is 31.7 Å². The van der Waals surface area contributed by atoms with Crippen LogP contribution in [0.15, 0.2) is 28.8 Å². The molecule has 1 aromatic carbocycles. The van der Waals surface area contributed by atoms with E-state index in [1.165, 1.54) is 0 Å². The van der Waals surface area contributed by atoms with E-state index in [1.807, 2.05) is 36.2 Å². The number of fused-ring (bicyclic) bond motifs is 1. The summed E-state index contributed by atoms with van der Waals surface area (Å²) >= 11 is 0. The number of likely N-dealkylation sites (tertiary alicyclic amines) is 1. The Kier molecular flexibility index (Phi) is 3.68. The van der Waals surface area contributed by atoms with E-state index in [1.54, 1.807) is 0 Å². The van der Waals surface area contributed by atoms with Gasteiger partial charge in [0.1, 0.15) is 5.69 Å². The van der Waals surface area contributed by atoms with Crippen LogP contribution in [0, 0.1) is 0 Å². The molecule has 3 rings (SSSR count). The average Bonchev–Trinajstić information content (AvgIpc) is 2.91. The van der Waals surface area contributed by atoms with Gasteiger partial charge in [-0.1, -0.05) is 17.3 Å². The number of carbonyl (C=O) groups excluding carboxylic acids is 1. The normalized spacial score (nSPS) is 18.1. The van der Waals surface area contributed by atoms with E-state index in [-0.39, 0.29) is 11.4 Å². The maximum atomic E-state index is 12.4. The van der Waals surface area contributed by atoms with Crippen LogP contribution >= 0.6 is 0 Å². The smallest absolute Gasteiger partial charge is 0.228 e. The Hall–Kier alpha value is -1.88. The fraction of sp³-hybridized carbons (Fsp3) is 0.500. The van der Waals surface area contributed by atoms with Gasteiger partial charge in [0.2, 0.25) is 5.91 Å². The zero-order valence-corrected chi connectivity index (χ0v) is 12.6. The molecule has 0 bridgehead atoms. The van der Waals surface area contributed by atoms with Crippen LogP contribution in [0.5, 0.6) is 0 Å². The third kappa shape index (κ3) is 2.78. The highest BCUT2D eigenvalue weighted by molar-refractivity contribution is 5.86. The second-order valence-corrected chi connectivity index (χ2v) is 5.99. The van der Waals surface area contributed by atoms with E-state index >= 15 is 0 Å². The summed E-state index contributed by atoms with van der Waals surface area (Å²) in [5.41, 5.74) is 1.62. The van der Waals surface area contributed by atoms with Gasteiger partial charge >= 0.3 is 0 Å². The summed E-state index contributed by atoms with van der Waals surface area (Å²) < 4.78 is 5.26. The molecule has 1 amide bonds. The lowest BCUT2D eigenvalue weighted by atomic mass is 9.90. The molecule has 0 aliphatic carbocycles. The second kappa shape index (κ2) is 5.48. The van der Waals surface area contributed by atoms with Crippen molar-refractivity contribution in [2.75, 3.05) is 20.1 Å². The molecule has 2 aromatic rings. The van der Waals surface area contributed by atoms with Crippen LogP contribution in [0.25, 0.3) is 11.0 Å². The number of nitrogens with zero attached hydrogens (tertiary/aromatic N) is 2. The molecule has 1 aromatic heterocycles. The van der Waals surface area contributed by atoms with Gasteiger partial charge in [-0.05, 0) is 38.9 Å². The van der Waals surface area contributed by atoms with Crippen LogP contribution in [-0.2, 0) is 11.2 Å². The number of hydrogen-bond donors (Lipinski definition) is 1. The van der Waals surface area contributed by atoms with E-state index in [4.69, 9.17) is 4.52 Å². The van der Waals surface area contributed by atoms with E-state index in [2.05, 4.69) is 17.4 Å². The van der Waals surface area contributed by atoms with Crippen LogP contribution in [-0.4, -0.2) is 41.6 Å². The molecule has 1 saturated heterocycles. The van der Waals surface area contributed by atoms with Gasteiger partial charge in [0.05, 0.1) is 6.42 Å². The monoisotopic (exact) mass is 287 g/mol. The van der Waals surface area contributed by atoms with Crippen molar-refractivity contribution in [1.29, 1.82) is 0 Å². The van der Waals surface area contributed by atoms with Crippen molar-refractivity contribution in [1.82, 2.24) is 15.4 Å². The van der Waals surface area contributed by atoms with Gasteiger partial charge in [-0.25, -0.2) is 0 Å². The van der Waals surface area contributed by atoms with Crippen molar-refractivity contribution >= 4 is 16.9 Å². The SMILES string of the molecule is CNC1(C)CCN(C(=O)Cc2noc3ccccc23)CC1. The molecule has 0 atom stereocenters. The van der Waals surface area contributed by atoms with Gasteiger partial charge in [-0.15, -0.1) is 0 Å². The van der Waals surface area contributed by atoms with Crippen molar-refractivity contribution in [3.8, 4) is 0 Å². The quantitative estimate of drug-likeness (QED) is 0.937. The highest BCUT2D eigenvalue weighted by Gasteiger charge is 2.30. The first-order chi connectivity index (χ1) is 10.1. The number of carbonyl (C=O) groups is 1. The van der Waals surface area contributed by atoms with Crippen molar-refractivity contribution in [3.05, 3.63) is 30.0 Å². The second-order valence-electron chi connectivity index (χ2n) is 5.99. The Balaban J connectivity index is 1.67. The largest absolute Gasteiger partial charge is 0.356 e. The van der Waals surface area contributed by atoms with Crippen LogP contribution in [0.1, 0.15) is 25.5 Å². The predicted molar refractivity (Wildman–Crippen MR) is 81.0 cm³/mol. The van der Waals surface area contributed by atoms with Gasteiger partial charge in [0, 0.05) is 24.0 Å². The minimum Gasteiger partial charge on any atom is -0.356 e. The minimum atomic E-state index is 0.132. The van der Waals surface area contributed by atoms with Gasteiger partial charge in [0.15, 0.2) is 5.58 Å². The van der Waals surface area contributed by atoms with Crippen LogP contribution in [0.3, 0.4) is 0 Å². The zero-order valence-electron chi connectivity index (χ0n) is 12.6. The number of para-hydroxylation sites is 1. The molecule has 1 fully saturated rings. The first-order valence-corrected chi connectivity index (χ1v) is 7.41. The van der Waals surface area contributed by atoms with Crippen molar-refractivity contribution < 1.29 is 9.32 Å². The number of benzene rings is 1. The van der Waals surface area contributed by atoms with Crippen molar-refractivity contribution in [2.24, 2.45) is 0 Å². The molecule has 1 aliphatic heterocycles. The van der Waals surface area contributed by atoms with E-state index in [0.717, 1.165) is 42.6 Å². The summed E-state index contributed by atoms with van der Waals surface area (Å²) in [5.74, 6) is 0.132. The Morgan fingerprint density at radius 1 is 1.38 bits per heavy atom. The molecule has 0 unspecified atom stereocenters. The molecule has 1 aliphatic rings. The molecule has 21 heavy (non-hydrogen) atoms. The van der Waals surface area contributed by atoms with E-state index < -0.39 is 0 Å². The number of amides is 1. The maximum Gasteiger partial charge on any atom is 0.228 e. The summed E-state index contributed by atoms with van der Waals surface area (Å²) in [6, 6.07) is 7.66. The van der Waals surface area contributed by atoms with Gasteiger partial charge < -0.3 is 14.7 Å². The lowest BCUT2D eigenvalue weighted by Gasteiger charge is -2.39. The minimum absolute atomic E-state index is 0.132. The van der Waals surface area contributed by atoms with Crippen LogP contribution in [0.4, 0.5) is 0 Å². The first kappa shape index (κ1) is 14.1. The van der Waals surface area contributed by atoms with E-state index in [9.17, 15) is 4.79 Å². The standard InChI is InChI=1S/C16H21N3O2/c1-16(17-2)7-9-19(10-8-16)15(20)11-13-12-5-3-4-6-14(12)21-18-13/h3-6,17H,7-11H2,1-2H3. The maximum absolute atomic E-state index is 12.4. The third-order valence-electron chi connectivity index (χ3n) is 4.59. The van der Waals surface area contributed by atoms with Gasteiger partial charge in [-0.3, -0.25) is 4.79 Å². The summed E-state index contributed by atoms with van der Waals surface area (Å²) in [5, 5.41) is 8.32. The van der Waals surface area contributed by atoms with Gasteiger partial charge in [-0.2, -0.15) is 0 Å². The van der Waals surface area contributed by atoms with Crippen LogP contribution < -0.4 is 5.32 Å². The summed E-state index contributed by atoms with van der Waals surface area (Å²) in [6.07, 6.45) is 2.27. The predicted octanol–water partition coefficient (Wildman–Crippen LogP) is 1.97. The fourth-order valence-electron chi connectivity index (χ4n) is 2.82. The third-order valence-corrected chi connectivity index (χ3v) is 4.59. The van der Waals surface area contributed by atoms with Gasteiger partial charge in [0.25, 0.3) is 0 Å². The topological polar surface area (TPSA) is 58.4 Å². The molecule has 5 heteroatoms. The lowest BCUT2D eigenvalue weighted by molar-refractivity contribution is -0.132. The zero-order chi connectivity index (χ0) is 14.9. The molecule has 0 saturated carbocycles. The Bertz CT molecular complexity index is 642. The van der Waals surface area contributed by atoms with E-state index in [0.29, 0.717) is 6.42 Å². The Morgan fingerprint density at radius 3 is 2.81 bits per heavy atom. The lowest BCUT2D eigenvalue weighted by Crippen LogP contribution is -2.51. The number of rotatable bonds is 3. The molecular weight excluding hydrogens is 266 g/mol. The number of aromatic nitrogens is 1. The number of piperidine rings is 1. The van der Waals surface area contributed by atoms with Crippen molar-refractivity contribution in [3.63, 3.8) is 0 Å². The molecular formula is C16H21N3O2. The Morgan fingerprint density at radius 2 is 2.10 bits per heavy atom. The molecule has 112 valence electrons. The van der Waals surface area contributed by atoms with Crippen LogP contribution in [0.2, 0.25) is 0 Å². The highest BCUT2D eigenvalue weighted by Crippen LogP contribution is 2.23.